The number of aliphatic hydroxyl groups excluding tert-OH is 1. The van der Waals surface area contributed by atoms with Gasteiger partial charge in [-0.05, 0) is 49.8 Å². The molecule has 1 saturated heterocycles. The monoisotopic (exact) mass is 279 g/mol. The van der Waals surface area contributed by atoms with Crippen molar-refractivity contribution in [3.05, 3.63) is 29.1 Å². The molecule has 0 radical (unpaired) electrons. The van der Waals surface area contributed by atoms with Crippen LogP contribution in [-0.2, 0) is 0 Å². The van der Waals surface area contributed by atoms with Crippen LogP contribution in [0.4, 0.5) is 10.1 Å². The molecule has 1 N–H and O–H groups in total. The predicted molar refractivity (Wildman–Crippen MR) is 81.6 cm³/mol. The summed E-state index contributed by atoms with van der Waals surface area (Å²) >= 11 is 0. The zero-order valence-electron chi connectivity index (χ0n) is 13.0. The third-order valence-corrected chi connectivity index (χ3v) is 4.92. The van der Waals surface area contributed by atoms with Crippen molar-refractivity contribution in [2.45, 2.75) is 53.1 Å². The molecule has 1 aromatic carbocycles. The van der Waals surface area contributed by atoms with E-state index in [1.54, 1.807) is 13.8 Å². The second-order valence-corrected chi connectivity index (χ2v) is 6.49. The SMILES string of the molecule is CCC1(C)CCN(c2cc(C)c(F)cc2C(C)O)CC1. The van der Waals surface area contributed by atoms with Gasteiger partial charge in [0.1, 0.15) is 5.82 Å². The first-order valence-corrected chi connectivity index (χ1v) is 7.59. The number of hydrogen-bond acceptors (Lipinski definition) is 2. The Hall–Kier alpha value is -1.09. The molecule has 1 aliphatic rings. The zero-order valence-corrected chi connectivity index (χ0v) is 13.0. The Bertz CT molecular complexity index is 476. The van der Waals surface area contributed by atoms with Crippen LogP contribution < -0.4 is 4.90 Å². The van der Waals surface area contributed by atoms with Crippen LogP contribution in [0.2, 0.25) is 0 Å². The fraction of sp³-hybridized carbons (Fsp3) is 0.647. The van der Waals surface area contributed by atoms with E-state index in [0.29, 0.717) is 16.5 Å². The highest BCUT2D eigenvalue weighted by Crippen LogP contribution is 2.38. The van der Waals surface area contributed by atoms with Crippen molar-refractivity contribution in [2.75, 3.05) is 18.0 Å². The second kappa shape index (κ2) is 5.72. The van der Waals surface area contributed by atoms with Gasteiger partial charge in [-0.3, -0.25) is 0 Å². The van der Waals surface area contributed by atoms with Gasteiger partial charge in [0, 0.05) is 24.3 Å². The molecular weight excluding hydrogens is 253 g/mol. The summed E-state index contributed by atoms with van der Waals surface area (Å²) in [6, 6.07) is 3.37. The number of anilines is 1. The van der Waals surface area contributed by atoms with E-state index in [4.69, 9.17) is 0 Å². The first-order chi connectivity index (χ1) is 9.36. The molecule has 0 spiro atoms. The first kappa shape index (κ1) is 15.3. The van der Waals surface area contributed by atoms with Gasteiger partial charge in [-0.25, -0.2) is 4.39 Å². The molecular formula is C17H26FNO. The molecule has 0 aromatic heterocycles. The Kier molecular flexibility index (Phi) is 4.38. The number of nitrogens with zero attached hydrogens (tertiary/aromatic N) is 1. The van der Waals surface area contributed by atoms with Crippen LogP contribution in [-0.4, -0.2) is 18.2 Å². The highest BCUT2D eigenvalue weighted by atomic mass is 19.1. The summed E-state index contributed by atoms with van der Waals surface area (Å²) in [7, 11) is 0. The molecule has 1 unspecified atom stereocenters. The summed E-state index contributed by atoms with van der Waals surface area (Å²) < 4.78 is 13.7. The van der Waals surface area contributed by atoms with Gasteiger partial charge in [-0.1, -0.05) is 20.3 Å². The highest BCUT2D eigenvalue weighted by Gasteiger charge is 2.29. The predicted octanol–water partition coefficient (Wildman–Crippen LogP) is 4.20. The normalized spacial score (nSPS) is 20.0. The van der Waals surface area contributed by atoms with E-state index in [2.05, 4.69) is 18.7 Å². The van der Waals surface area contributed by atoms with Gasteiger partial charge in [-0.2, -0.15) is 0 Å². The standard InChI is InChI=1S/C17H26FNO/c1-5-17(4)6-8-19(9-7-17)16-10-12(2)15(18)11-14(16)13(3)20/h10-11,13,20H,5-9H2,1-4H3. The Morgan fingerprint density at radius 3 is 2.45 bits per heavy atom. The number of aryl methyl sites for hydroxylation is 1. The molecule has 1 atom stereocenters. The van der Waals surface area contributed by atoms with E-state index in [-0.39, 0.29) is 5.82 Å². The Labute approximate surface area is 121 Å². The average molecular weight is 279 g/mol. The van der Waals surface area contributed by atoms with Gasteiger partial charge < -0.3 is 10.0 Å². The van der Waals surface area contributed by atoms with Crippen LogP contribution in [0.25, 0.3) is 0 Å². The van der Waals surface area contributed by atoms with Crippen LogP contribution in [0, 0.1) is 18.2 Å². The van der Waals surface area contributed by atoms with Crippen molar-refractivity contribution in [2.24, 2.45) is 5.41 Å². The topological polar surface area (TPSA) is 23.5 Å². The smallest absolute Gasteiger partial charge is 0.126 e. The fourth-order valence-electron chi connectivity index (χ4n) is 2.93. The molecule has 0 bridgehead atoms. The lowest BCUT2D eigenvalue weighted by molar-refractivity contribution is 0.198. The fourth-order valence-corrected chi connectivity index (χ4v) is 2.93. The lowest BCUT2D eigenvalue weighted by Crippen LogP contribution is -2.39. The number of piperidine rings is 1. The summed E-state index contributed by atoms with van der Waals surface area (Å²) in [4.78, 5) is 2.30. The highest BCUT2D eigenvalue weighted by molar-refractivity contribution is 5.57. The van der Waals surface area contributed by atoms with Crippen molar-refractivity contribution in [3.8, 4) is 0 Å². The molecule has 2 nitrogen and oxygen atoms in total. The quantitative estimate of drug-likeness (QED) is 0.896. The van der Waals surface area contributed by atoms with Crippen molar-refractivity contribution in [1.82, 2.24) is 0 Å². The molecule has 3 heteroatoms. The van der Waals surface area contributed by atoms with Crippen LogP contribution in [0.15, 0.2) is 12.1 Å². The third-order valence-electron chi connectivity index (χ3n) is 4.92. The minimum Gasteiger partial charge on any atom is -0.389 e. The number of hydrogen-bond donors (Lipinski definition) is 1. The van der Waals surface area contributed by atoms with Crippen molar-refractivity contribution >= 4 is 5.69 Å². The number of halogens is 1. The number of rotatable bonds is 3. The van der Waals surface area contributed by atoms with Gasteiger partial charge in [0.2, 0.25) is 0 Å². The maximum atomic E-state index is 13.7. The Morgan fingerprint density at radius 2 is 1.95 bits per heavy atom. The largest absolute Gasteiger partial charge is 0.389 e. The summed E-state index contributed by atoms with van der Waals surface area (Å²) in [5.41, 5.74) is 2.77. The summed E-state index contributed by atoms with van der Waals surface area (Å²) in [5, 5.41) is 9.91. The summed E-state index contributed by atoms with van der Waals surface area (Å²) in [5.74, 6) is -0.236. The van der Waals surface area contributed by atoms with E-state index >= 15 is 0 Å². The third kappa shape index (κ3) is 2.98. The van der Waals surface area contributed by atoms with Crippen LogP contribution in [0.1, 0.15) is 57.3 Å². The molecule has 2 rings (SSSR count). The number of aliphatic hydroxyl groups is 1. The molecule has 1 fully saturated rings. The van der Waals surface area contributed by atoms with E-state index in [1.165, 1.54) is 12.5 Å². The van der Waals surface area contributed by atoms with E-state index < -0.39 is 6.10 Å². The lowest BCUT2D eigenvalue weighted by Gasteiger charge is -2.41. The Balaban J connectivity index is 2.27. The van der Waals surface area contributed by atoms with Crippen molar-refractivity contribution < 1.29 is 9.50 Å². The molecule has 0 aliphatic carbocycles. The molecule has 0 amide bonds. The molecule has 0 saturated carbocycles. The van der Waals surface area contributed by atoms with Gasteiger partial charge in [0.15, 0.2) is 0 Å². The molecule has 1 heterocycles. The Morgan fingerprint density at radius 1 is 1.35 bits per heavy atom. The lowest BCUT2D eigenvalue weighted by atomic mass is 9.78. The van der Waals surface area contributed by atoms with E-state index in [0.717, 1.165) is 31.6 Å². The first-order valence-electron chi connectivity index (χ1n) is 7.59. The molecule has 1 aromatic rings. The van der Waals surface area contributed by atoms with Gasteiger partial charge in [-0.15, -0.1) is 0 Å². The molecule has 112 valence electrons. The van der Waals surface area contributed by atoms with Gasteiger partial charge in [0.25, 0.3) is 0 Å². The molecule has 1 aliphatic heterocycles. The minimum absolute atomic E-state index is 0.236. The number of benzene rings is 1. The maximum absolute atomic E-state index is 13.7. The van der Waals surface area contributed by atoms with Crippen LogP contribution in [0.3, 0.4) is 0 Å². The zero-order chi connectivity index (χ0) is 14.9. The minimum atomic E-state index is -0.639. The van der Waals surface area contributed by atoms with Crippen molar-refractivity contribution in [1.29, 1.82) is 0 Å². The van der Waals surface area contributed by atoms with Gasteiger partial charge >= 0.3 is 0 Å². The van der Waals surface area contributed by atoms with Crippen LogP contribution >= 0.6 is 0 Å². The average Bonchev–Trinajstić information content (AvgIpc) is 2.42. The van der Waals surface area contributed by atoms with Gasteiger partial charge in [0.05, 0.1) is 6.10 Å². The van der Waals surface area contributed by atoms with E-state index in [9.17, 15) is 9.50 Å². The molecule has 20 heavy (non-hydrogen) atoms. The van der Waals surface area contributed by atoms with E-state index in [1.807, 2.05) is 6.07 Å². The maximum Gasteiger partial charge on any atom is 0.126 e. The summed E-state index contributed by atoms with van der Waals surface area (Å²) in [6.07, 6.45) is 2.87. The summed E-state index contributed by atoms with van der Waals surface area (Å²) in [6.45, 7) is 10.0. The second-order valence-electron chi connectivity index (χ2n) is 6.49. The van der Waals surface area contributed by atoms with Crippen molar-refractivity contribution in [3.63, 3.8) is 0 Å². The van der Waals surface area contributed by atoms with Crippen LogP contribution in [0.5, 0.6) is 0 Å².